The third-order valence-corrected chi connectivity index (χ3v) is 4.39. The number of carbonyl (C=O) groups excluding carboxylic acids is 1. The van der Waals surface area contributed by atoms with Crippen LogP contribution in [0.25, 0.3) is 11.0 Å². The van der Waals surface area contributed by atoms with E-state index in [4.69, 9.17) is 13.7 Å². The van der Waals surface area contributed by atoms with Gasteiger partial charge in [-0.05, 0) is 18.6 Å². The number of ether oxygens (including phenoxy) is 1. The van der Waals surface area contributed by atoms with Crippen molar-refractivity contribution in [1.82, 2.24) is 15.0 Å². The Morgan fingerprint density at radius 2 is 2.28 bits per heavy atom. The molecule has 0 aliphatic carbocycles. The lowest BCUT2D eigenvalue weighted by molar-refractivity contribution is 0.0786. The largest absolute Gasteiger partial charge is 0.493 e. The lowest BCUT2D eigenvalue weighted by Gasteiger charge is -2.15. The van der Waals surface area contributed by atoms with Crippen molar-refractivity contribution in [3.8, 4) is 5.75 Å². The van der Waals surface area contributed by atoms with Crippen LogP contribution >= 0.6 is 0 Å². The smallest absolute Gasteiger partial charge is 0.349 e. The summed E-state index contributed by atoms with van der Waals surface area (Å²) < 4.78 is 15.3. The summed E-state index contributed by atoms with van der Waals surface area (Å²) in [6, 6.07) is 6.79. The molecule has 0 spiro atoms. The first-order valence-corrected chi connectivity index (χ1v) is 7.84. The van der Waals surface area contributed by atoms with E-state index in [0.717, 1.165) is 6.42 Å². The fourth-order valence-electron chi connectivity index (χ4n) is 3.11. The minimum absolute atomic E-state index is 0.00881. The van der Waals surface area contributed by atoms with Crippen molar-refractivity contribution in [2.45, 2.75) is 12.3 Å². The van der Waals surface area contributed by atoms with E-state index in [9.17, 15) is 9.59 Å². The average molecular weight is 341 g/mol. The SMILES string of the molecule is COc1cccc2cc(C(=O)N3CCC(c4ncon4)C3)c(=O)oc12. The van der Waals surface area contributed by atoms with Crippen molar-refractivity contribution < 1.29 is 18.5 Å². The maximum atomic E-state index is 12.8. The van der Waals surface area contributed by atoms with Gasteiger partial charge in [-0.25, -0.2) is 4.79 Å². The lowest BCUT2D eigenvalue weighted by Crippen LogP contribution is -2.32. The van der Waals surface area contributed by atoms with Crippen molar-refractivity contribution in [2.24, 2.45) is 0 Å². The Hall–Kier alpha value is -3.16. The van der Waals surface area contributed by atoms with Gasteiger partial charge in [-0.3, -0.25) is 4.79 Å². The van der Waals surface area contributed by atoms with Gasteiger partial charge in [0, 0.05) is 24.4 Å². The highest BCUT2D eigenvalue weighted by Gasteiger charge is 2.31. The molecule has 0 radical (unpaired) electrons. The Bertz CT molecular complexity index is 980. The monoisotopic (exact) mass is 341 g/mol. The Labute approximate surface area is 142 Å². The van der Waals surface area contributed by atoms with Gasteiger partial charge < -0.3 is 18.6 Å². The minimum atomic E-state index is -0.676. The van der Waals surface area contributed by atoms with Gasteiger partial charge in [0.25, 0.3) is 5.91 Å². The zero-order valence-corrected chi connectivity index (χ0v) is 13.5. The molecule has 1 amide bonds. The molecule has 2 aromatic heterocycles. The van der Waals surface area contributed by atoms with Gasteiger partial charge in [0.15, 0.2) is 17.2 Å². The number of amides is 1. The van der Waals surface area contributed by atoms with E-state index in [1.54, 1.807) is 29.2 Å². The number of hydrogen-bond acceptors (Lipinski definition) is 7. The Balaban J connectivity index is 1.64. The first kappa shape index (κ1) is 15.4. The first-order valence-electron chi connectivity index (χ1n) is 7.84. The van der Waals surface area contributed by atoms with Crippen molar-refractivity contribution in [3.63, 3.8) is 0 Å². The average Bonchev–Trinajstić information content (AvgIpc) is 3.31. The van der Waals surface area contributed by atoms with E-state index >= 15 is 0 Å². The number of hydrogen-bond donors (Lipinski definition) is 0. The summed E-state index contributed by atoms with van der Waals surface area (Å²) in [7, 11) is 1.50. The highest BCUT2D eigenvalue weighted by molar-refractivity contribution is 5.97. The van der Waals surface area contributed by atoms with E-state index in [2.05, 4.69) is 10.1 Å². The number of likely N-dealkylation sites (tertiary alicyclic amines) is 1. The summed E-state index contributed by atoms with van der Waals surface area (Å²) in [5.41, 5.74) is -0.336. The number of methoxy groups -OCH3 is 1. The standard InChI is InChI=1S/C17H15N3O5/c1-23-13-4-2-3-10-7-12(17(22)25-14(10)13)16(21)20-6-5-11(8-20)15-18-9-24-19-15/h2-4,7,9,11H,5-6,8H2,1H3. The van der Waals surface area contributed by atoms with Crippen LogP contribution in [0.3, 0.4) is 0 Å². The van der Waals surface area contributed by atoms with Crippen LogP contribution in [0.2, 0.25) is 0 Å². The second kappa shape index (κ2) is 6.04. The molecule has 1 atom stereocenters. The molecule has 3 aromatic rings. The van der Waals surface area contributed by atoms with Gasteiger partial charge in [-0.2, -0.15) is 4.98 Å². The Kier molecular flexibility index (Phi) is 3.72. The molecule has 1 aliphatic heterocycles. The quantitative estimate of drug-likeness (QED) is 0.670. The summed E-state index contributed by atoms with van der Waals surface area (Å²) in [6.45, 7) is 0.960. The van der Waals surface area contributed by atoms with Crippen LogP contribution < -0.4 is 10.4 Å². The van der Waals surface area contributed by atoms with Gasteiger partial charge >= 0.3 is 5.63 Å². The minimum Gasteiger partial charge on any atom is -0.493 e. The Morgan fingerprint density at radius 1 is 1.40 bits per heavy atom. The molecule has 3 heterocycles. The summed E-state index contributed by atoms with van der Waals surface area (Å²) in [4.78, 5) is 30.7. The Morgan fingerprint density at radius 3 is 3.04 bits per heavy atom. The third kappa shape index (κ3) is 2.65. The molecular weight excluding hydrogens is 326 g/mol. The number of benzene rings is 1. The summed E-state index contributed by atoms with van der Waals surface area (Å²) in [5, 5.41) is 4.46. The van der Waals surface area contributed by atoms with Crippen molar-refractivity contribution in [2.75, 3.05) is 20.2 Å². The van der Waals surface area contributed by atoms with E-state index in [1.165, 1.54) is 13.5 Å². The number of para-hydroxylation sites is 1. The second-order valence-electron chi connectivity index (χ2n) is 5.85. The molecule has 4 rings (SSSR count). The van der Waals surface area contributed by atoms with Crippen molar-refractivity contribution in [3.05, 3.63) is 52.5 Å². The van der Waals surface area contributed by atoms with Crippen LogP contribution in [0.15, 0.2) is 44.4 Å². The molecule has 1 aromatic carbocycles. The normalized spacial score (nSPS) is 17.2. The molecule has 0 bridgehead atoms. The summed E-state index contributed by atoms with van der Waals surface area (Å²) in [5.74, 6) is 0.678. The topological polar surface area (TPSA) is 98.7 Å². The van der Waals surface area contributed by atoms with Crippen molar-refractivity contribution in [1.29, 1.82) is 0 Å². The number of fused-ring (bicyclic) bond motifs is 1. The number of nitrogens with zero attached hydrogens (tertiary/aromatic N) is 3. The van der Waals surface area contributed by atoms with Crippen LogP contribution in [0.5, 0.6) is 5.75 Å². The van der Waals surface area contributed by atoms with E-state index in [-0.39, 0.29) is 17.4 Å². The number of aromatic nitrogens is 2. The number of carbonyl (C=O) groups is 1. The van der Waals surface area contributed by atoms with Crippen LogP contribution in [-0.4, -0.2) is 41.1 Å². The molecule has 8 heteroatoms. The molecule has 1 aliphatic rings. The molecular formula is C17H15N3O5. The second-order valence-corrected chi connectivity index (χ2v) is 5.85. The predicted octanol–water partition coefficient (Wildman–Crippen LogP) is 1.81. The molecule has 128 valence electrons. The lowest BCUT2D eigenvalue weighted by atomic mass is 10.1. The summed E-state index contributed by atoms with van der Waals surface area (Å²) in [6.07, 6.45) is 1.99. The first-order chi connectivity index (χ1) is 12.2. The third-order valence-electron chi connectivity index (χ3n) is 4.39. The maximum absolute atomic E-state index is 12.8. The molecule has 1 saturated heterocycles. The predicted molar refractivity (Wildman–Crippen MR) is 86.6 cm³/mol. The van der Waals surface area contributed by atoms with Crippen LogP contribution in [-0.2, 0) is 0 Å². The highest BCUT2D eigenvalue weighted by atomic mass is 16.5. The number of rotatable bonds is 3. The van der Waals surface area contributed by atoms with Gasteiger partial charge in [0.1, 0.15) is 5.56 Å². The van der Waals surface area contributed by atoms with Gasteiger partial charge in [0.2, 0.25) is 6.39 Å². The fraction of sp³-hybridized carbons (Fsp3) is 0.294. The van der Waals surface area contributed by atoms with Crippen LogP contribution in [0.4, 0.5) is 0 Å². The van der Waals surface area contributed by atoms with E-state index in [1.807, 2.05) is 0 Å². The van der Waals surface area contributed by atoms with Gasteiger partial charge in [0.05, 0.1) is 7.11 Å². The molecule has 1 fully saturated rings. The molecule has 1 unspecified atom stereocenters. The summed E-state index contributed by atoms with van der Waals surface area (Å²) >= 11 is 0. The molecule has 8 nitrogen and oxygen atoms in total. The zero-order chi connectivity index (χ0) is 17.4. The van der Waals surface area contributed by atoms with Gasteiger partial charge in [-0.15, -0.1) is 0 Å². The van der Waals surface area contributed by atoms with E-state index in [0.29, 0.717) is 35.6 Å². The highest BCUT2D eigenvalue weighted by Crippen LogP contribution is 2.27. The molecule has 0 N–H and O–H groups in total. The molecule has 25 heavy (non-hydrogen) atoms. The van der Waals surface area contributed by atoms with Crippen LogP contribution in [0.1, 0.15) is 28.5 Å². The molecule has 0 saturated carbocycles. The van der Waals surface area contributed by atoms with Gasteiger partial charge in [-0.1, -0.05) is 17.3 Å². The van der Waals surface area contributed by atoms with Crippen molar-refractivity contribution >= 4 is 16.9 Å². The van der Waals surface area contributed by atoms with E-state index < -0.39 is 5.63 Å². The van der Waals surface area contributed by atoms with Crippen LogP contribution in [0, 0.1) is 0 Å². The zero-order valence-electron chi connectivity index (χ0n) is 13.5. The fourth-order valence-corrected chi connectivity index (χ4v) is 3.11. The maximum Gasteiger partial charge on any atom is 0.349 e.